The summed E-state index contributed by atoms with van der Waals surface area (Å²) in [5.74, 6) is 1.58. The second kappa shape index (κ2) is 7.49. The number of likely N-dealkylation sites (N-methyl/N-ethyl adjacent to an activating group) is 1. The van der Waals surface area contributed by atoms with Gasteiger partial charge in [0.05, 0.1) is 24.6 Å². The van der Waals surface area contributed by atoms with Crippen molar-refractivity contribution in [3.63, 3.8) is 0 Å². The normalized spacial score (nSPS) is 12.5. The van der Waals surface area contributed by atoms with Crippen LogP contribution in [-0.4, -0.2) is 35.1 Å². The first-order chi connectivity index (χ1) is 12.1. The topological polar surface area (TPSA) is 58.2 Å². The Labute approximate surface area is 147 Å². The van der Waals surface area contributed by atoms with Gasteiger partial charge in [0.25, 0.3) is 5.56 Å². The van der Waals surface area contributed by atoms with Gasteiger partial charge in [-0.25, -0.2) is 4.98 Å². The highest BCUT2D eigenvalue weighted by atomic mass is 16.5. The van der Waals surface area contributed by atoms with E-state index in [2.05, 4.69) is 27.9 Å². The van der Waals surface area contributed by atoms with Crippen LogP contribution in [0.25, 0.3) is 10.9 Å². The van der Waals surface area contributed by atoms with Crippen LogP contribution in [0.1, 0.15) is 18.3 Å². The minimum Gasteiger partial charge on any atom is -0.496 e. The summed E-state index contributed by atoms with van der Waals surface area (Å²) in [6, 6.07) is 15.7. The molecule has 0 aliphatic carbocycles. The molecule has 3 rings (SSSR count). The highest BCUT2D eigenvalue weighted by Crippen LogP contribution is 2.20. The minimum absolute atomic E-state index is 0.0913. The zero-order valence-electron chi connectivity index (χ0n) is 14.8. The average molecular weight is 337 g/mol. The van der Waals surface area contributed by atoms with E-state index in [-0.39, 0.29) is 11.6 Å². The molecule has 5 heteroatoms. The molecule has 2 aromatic carbocycles. The molecule has 1 atom stereocenters. The summed E-state index contributed by atoms with van der Waals surface area (Å²) in [7, 11) is 3.73. The third-order valence-corrected chi connectivity index (χ3v) is 4.52. The first kappa shape index (κ1) is 17.2. The molecular formula is C20H23N3O2. The van der Waals surface area contributed by atoms with Crippen LogP contribution < -0.4 is 10.3 Å². The summed E-state index contributed by atoms with van der Waals surface area (Å²) in [5.41, 5.74) is 1.81. The molecule has 0 aliphatic heterocycles. The summed E-state index contributed by atoms with van der Waals surface area (Å²) in [5, 5.41) is 0.621. The SMILES string of the molecule is COc1ccccc1CC(C)N(C)Cc1nc2ccccc2c(=O)[nH]1. The van der Waals surface area contributed by atoms with Gasteiger partial charge in [-0.3, -0.25) is 9.69 Å². The van der Waals surface area contributed by atoms with Crippen LogP contribution in [0.5, 0.6) is 5.75 Å². The Bertz CT molecular complexity index is 920. The number of hydrogen-bond donors (Lipinski definition) is 1. The van der Waals surface area contributed by atoms with Gasteiger partial charge in [-0.1, -0.05) is 30.3 Å². The Morgan fingerprint density at radius 2 is 1.88 bits per heavy atom. The van der Waals surface area contributed by atoms with Gasteiger partial charge in [-0.15, -0.1) is 0 Å². The predicted octanol–water partition coefficient (Wildman–Crippen LogP) is 2.99. The standard InChI is InChI=1S/C20H23N3O2/c1-14(12-15-8-4-7-11-18(15)25-3)23(2)13-19-21-17-10-6-5-9-16(17)20(24)22-19/h4-11,14H,12-13H2,1-3H3,(H,21,22,24). The minimum atomic E-state index is -0.0913. The number of nitrogens with zero attached hydrogens (tertiary/aromatic N) is 2. The fourth-order valence-corrected chi connectivity index (χ4v) is 2.95. The Hall–Kier alpha value is -2.66. The first-order valence-corrected chi connectivity index (χ1v) is 8.38. The van der Waals surface area contributed by atoms with Crippen molar-refractivity contribution in [3.8, 4) is 5.75 Å². The smallest absolute Gasteiger partial charge is 0.258 e. The quantitative estimate of drug-likeness (QED) is 0.751. The molecular weight excluding hydrogens is 314 g/mol. The van der Waals surface area contributed by atoms with Crippen LogP contribution >= 0.6 is 0 Å². The summed E-state index contributed by atoms with van der Waals surface area (Å²) >= 11 is 0. The number of H-pyrrole nitrogens is 1. The van der Waals surface area contributed by atoms with Crippen molar-refractivity contribution in [3.05, 3.63) is 70.3 Å². The van der Waals surface area contributed by atoms with Crippen LogP contribution in [0.3, 0.4) is 0 Å². The van der Waals surface area contributed by atoms with Gasteiger partial charge in [0.2, 0.25) is 0 Å². The summed E-state index contributed by atoms with van der Waals surface area (Å²) in [6.07, 6.45) is 0.859. The van der Waals surface area contributed by atoms with Crippen molar-refractivity contribution < 1.29 is 4.74 Å². The lowest BCUT2D eigenvalue weighted by Crippen LogP contribution is -2.32. The van der Waals surface area contributed by atoms with Crippen LogP contribution in [-0.2, 0) is 13.0 Å². The predicted molar refractivity (Wildman–Crippen MR) is 100.0 cm³/mol. The monoisotopic (exact) mass is 337 g/mol. The maximum absolute atomic E-state index is 12.2. The molecule has 0 saturated carbocycles. The number of hydrogen-bond acceptors (Lipinski definition) is 4. The van der Waals surface area contributed by atoms with Crippen molar-refractivity contribution >= 4 is 10.9 Å². The van der Waals surface area contributed by atoms with E-state index < -0.39 is 0 Å². The van der Waals surface area contributed by atoms with Gasteiger partial charge in [0.1, 0.15) is 11.6 Å². The molecule has 25 heavy (non-hydrogen) atoms. The molecule has 0 aliphatic rings. The molecule has 1 heterocycles. The second-order valence-electron chi connectivity index (χ2n) is 6.31. The van der Waals surface area contributed by atoms with Crippen LogP contribution in [0.15, 0.2) is 53.3 Å². The molecule has 0 radical (unpaired) electrons. The van der Waals surface area contributed by atoms with Crippen molar-refractivity contribution in [2.45, 2.75) is 25.9 Å². The fourth-order valence-electron chi connectivity index (χ4n) is 2.95. The number of aromatic amines is 1. The lowest BCUT2D eigenvalue weighted by atomic mass is 10.1. The first-order valence-electron chi connectivity index (χ1n) is 8.38. The summed E-state index contributed by atoms with van der Waals surface area (Å²) in [6.45, 7) is 2.74. The van der Waals surface area contributed by atoms with E-state index in [0.717, 1.165) is 17.7 Å². The van der Waals surface area contributed by atoms with Gasteiger partial charge >= 0.3 is 0 Å². The van der Waals surface area contributed by atoms with Crippen molar-refractivity contribution in [2.75, 3.05) is 14.2 Å². The molecule has 5 nitrogen and oxygen atoms in total. The number of benzene rings is 2. The van der Waals surface area contributed by atoms with Crippen molar-refractivity contribution in [1.82, 2.24) is 14.9 Å². The number of nitrogens with one attached hydrogen (secondary N) is 1. The van der Waals surface area contributed by atoms with Gasteiger partial charge < -0.3 is 9.72 Å². The van der Waals surface area contributed by atoms with E-state index in [4.69, 9.17) is 4.74 Å². The van der Waals surface area contributed by atoms with Crippen LogP contribution in [0.2, 0.25) is 0 Å². The Kier molecular flexibility index (Phi) is 5.14. The molecule has 0 fully saturated rings. The van der Waals surface area contributed by atoms with E-state index in [1.807, 2.05) is 43.4 Å². The zero-order chi connectivity index (χ0) is 17.8. The summed E-state index contributed by atoms with van der Waals surface area (Å²) < 4.78 is 5.43. The van der Waals surface area contributed by atoms with Gasteiger partial charge in [-0.05, 0) is 44.2 Å². The molecule has 0 saturated heterocycles. The number of rotatable bonds is 6. The third kappa shape index (κ3) is 3.88. The van der Waals surface area contributed by atoms with E-state index in [1.54, 1.807) is 13.2 Å². The molecule has 0 spiro atoms. The molecule has 1 unspecified atom stereocenters. The number of methoxy groups -OCH3 is 1. The van der Waals surface area contributed by atoms with E-state index in [9.17, 15) is 4.79 Å². The Morgan fingerprint density at radius 3 is 2.68 bits per heavy atom. The van der Waals surface area contributed by atoms with Crippen LogP contribution in [0, 0.1) is 0 Å². The molecule has 0 bridgehead atoms. The lowest BCUT2D eigenvalue weighted by Gasteiger charge is -2.25. The molecule has 1 N–H and O–H groups in total. The van der Waals surface area contributed by atoms with Crippen molar-refractivity contribution in [1.29, 1.82) is 0 Å². The third-order valence-electron chi connectivity index (χ3n) is 4.52. The average Bonchev–Trinajstić information content (AvgIpc) is 2.62. The number of para-hydroxylation sites is 2. The lowest BCUT2D eigenvalue weighted by molar-refractivity contribution is 0.240. The number of ether oxygens (including phenoxy) is 1. The van der Waals surface area contributed by atoms with Crippen LogP contribution in [0.4, 0.5) is 0 Å². The van der Waals surface area contributed by atoms with Gasteiger partial charge in [-0.2, -0.15) is 0 Å². The number of fused-ring (bicyclic) bond motifs is 1. The van der Waals surface area contributed by atoms with E-state index in [1.165, 1.54) is 5.56 Å². The fraction of sp³-hybridized carbons (Fsp3) is 0.300. The highest BCUT2D eigenvalue weighted by molar-refractivity contribution is 5.77. The summed E-state index contributed by atoms with van der Waals surface area (Å²) in [4.78, 5) is 21.8. The maximum atomic E-state index is 12.2. The zero-order valence-corrected chi connectivity index (χ0v) is 14.8. The maximum Gasteiger partial charge on any atom is 0.258 e. The van der Waals surface area contributed by atoms with Crippen molar-refractivity contribution in [2.24, 2.45) is 0 Å². The van der Waals surface area contributed by atoms with Gasteiger partial charge in [0.15, 0.2) is 0 Å². The largest absolute Gasteiger partial charge is 0.496 e. The van der Waals surface area contributed by atoms with E-state index >= 15 is 0 Å². The Morgan fingerprint density at radius 1 is 1.16 bits per heavy atom. The molecule has 130 valence electrons. The molecule has 1 aromatic heterocycles. The second-order valence-corrected chi connectivity index (χ2v) is 6.31. The highest BCUT2D eigenvalue weighted by Gasteiger charge is 2.14. The molecule has 0 amide bonds. The molecule has 3 aromatic rings. The van der Waals surface area contributed by atoms with E-state index in [0.29, 0.717) is 17.8 Å². The Balaban J connectivity index is 1.75. The number of aromatic nitrogens is 2. The van der Waals surface area contributed by atoms with Gasteiger partial charge in [0, 0.05) is 6.04 Å².